The molecular formula is C17H22FIN4O. The van der Waals surface area contributed by atoms with Gasteiger partial charge >= 0.3 is 0 Å². The van der Waals surface area contributed by atoms with Gasteiger partial charge in [0.15, 0.2) is 5.96 Å². The van der Waals surface area contributed by atoms with Crippen molar-refractivity contribution in [2.45, 2.75) is 20.0 Å². The zero-order chi connectivity index (χ0) is 16.7. The average molecular weight is 444 g/mol. The molecule has 1 aromatic carbocycles. The van der Waals surface area contributed by atoms with Gasteiger partial charge in [0, 0.05) is 31.9 Å². The Morgan fingerprint density at radius 3 is 2.67 bits per heavy atom. The molecule has 2 aromatic rings. The number of guanidine groups is 1. The van der Waals surface area contributed by atoms with Crippen LogP contribution in [0.1, 0.15) is 16.7 Å². The van der Waals surface area contributed by atoms with Crippen LogP contribution >= 0.6 is 24.0 Å². The standard InChI is InChI=1S/C17H21FN4O.HI/c1-12-6-7-13(9-15(12)18)10-21-17(19-2)22-11-14-5-4-8-20-16(14)23-3;/h4-9H,10-11H2,1-3H3,(H2,19,21,22);1H. The van der Waals surface area contributed by atoms with E-state index in [4.69, 9.17) is 4.74 Å². The van der Waals surface area contributed by atoms with E-state index in [1.54, 1.807) is 33.3 Å². The van der Waals surface area contributed by atoms with Crippen molar-refractivity contribution >= 4 is 29.9 Å². The fourth-order valence-corrected chi connectivity index (χ4v) is 2.07. The van der Waals surface area contributed by atoms with E-state index in [-0.39, 0.29) is 29.8 Å². The molecule has 2 N–H and O–H groups in total. The van der Waals surface area contributed by atoms with E-state index in [0.717, 1.165) is 11.1 Å². The number of nitrogens with zero attached hydrogens (tertiary/aromatic N) is 2. The number of aliphatic imine (C=N–C) groups is 1. The van der Waals surface area contributed by atoms with Gasteiger partial charge in [0.25, 0.3) is 0 Å². The first-order valence-electron chi connectivity index (χ1n) is 7.31. The lowest BCUT2D eigenvalue weighted by atomic mass is 10.1. The maximum atomic E-state index is 13.5. The molecule has 130 valence electrons. The zero-order valence-corrected chi connectivity index (χ0v) is 16.3. The third-order valence-corrected chi connectivity index (χ3v) is 3.41. The molecule has 0 bridgehead atoms. The van der Waals surface area contributed by atoms with Crippen LogP contribution in [0.4, 0.5) is 4.39 Å². The third kappa shape index (κ3) is 5.63. The highest BCUT2D eigenvalue weighted by Crippen LogP contribution is 2.12. The third-order valence-electron chi connectivity index (χ3n) is 3.41. The van der Waals surface area contributed by atoms with Gasteiger partial charge in [0.05, 0.1) is 7.11 Å². The summed E-state index contributed by atoms with van der Waals surface area (Å²) in [7, 11) is 3.27. The Labute approximate surface area is 158 Å². The van der Waals surface area contributed by atoms with Crippen LogP contribution in [0.25, 0.3) is 0 Å². The molecule has 0 radical (unpaired) electrons. The second-order valence-corrected chi connectivity index (χ2v) is 5.03. The summed E-state index contributed by atoms with van der Waals surface area (Å²) in [5.74, 6) is 1.00. The molecule has 2 rings (SSSR count). The van der Waals surface area contributed by atoms with Gasteiger partial charge in [-0.15, -0.1) is 24.0 Å². The monoisotopic (exact) mass is 444 g/mol. The van der Waals surface area contributed by atoms with Crippen molar-refractivity contribution in [1.82, 2.24) is 15.6 Å². The summed E-state index contributed by atoms with van der Waals surface area (Å²) >= 11 is 0. The molecule has 0 amide bonds. The van der Waals surface area contributed by atoms with Crippen LogP contribution in [0.5, 0.6) is 5.88 Å². The maximum Gasteiger partial charge on any atom is 0.218 e. The molecule has 0 unspecified atom stereocenters. The molecule has 1 aromatic heterocycles. The topological polar surface area (TPSA) is 58.5 Å². The number of hydrogen-bond donors (Lipinski definition) is 2. The number of ether oxygens (including phenoxy) is 1. The first kappa shape index (κ1) is 20.1. The SMILES string of the molecule is CN=C(NCc1ccc(C)c(F)c1)NCc1cccnc1OC.I. The lowest BCUT2D eigenvalue weighted by Gasteiger charge is -2.13. The minimum Gasteiger partial charge on any atom is -0.481 e. The number of rotatable bonds is 5. The highest BCUT2D eigenvalue weighted by Gasteiger charge is 2.05. The highest BCUT2D eigenvalue weighted by atomic mass is 127. The number of nitrogens with one attached hydrogen (secondary N) is 2. The molecule has 0 atom stereocenters. The minimum absolute atomic E-state index is 0. The smallest absolute Gasteiger partial charge is 0.218 e. The van der Waals surface area contributed by atoms with Crippen molar-refractivity contribution in [3.05, 3.63) is 59.0 Å². The van der Waals surface area contributed by atoms with E-state index in [9.17, 15) is 4.39 Å². The lowest BCUT2D eigenvalue weighted by Crippen LogP contribution is -2.36. The first-order valence-corrected chi connectivity index (χ1v) is 7.31. The number of aromatic nitrogens is 1. The number of methoxy groups -OCH3 is 1. The van der Waals surface area contributed by atoms with Gasteiger partial charge in [-0.25, -0.2) is 9.37 Å². The average Bonchev–Trinajstić information content (AvgIpc) is 2.58. The van der Waals surface area contributed by atoms with Gasteiger partial charge in [-0.05, 0) is 30.2 Å². The Hall–Kier alpha value is -1.90. The van der Waals surface area contributed by atoms with Gasteiger partial charge in [-0.1, -0.05) is 18.2 Å². The molecule has 7 heteroatoms. The summed E-state index contributed by atoms with van der Waals surface area (Å²) in [5, 5.41) is 6.33. The molecule has 0 aliphatic carbocycles. The van der Waals surface area contributed by atoms with Crippen LogP contribution in [0.3, 0.4) is 0 Å². The van der Waals surface area contributed by atoms with Gasteiger partial charge in [-0.3, -0.25) is 4.99 Å². The van der Waals surface area contributed by atoms with Crippen LogP contribution in [-0.4, -0.2) is 25.1 Å². The van der Waals surface area contributed by atoms with Gasteiger partial charge in [0.2, 0.25) is 5.88 Å². The number of benzene rings is 1. The van der Waals surface area contributed by atoms with Crippen molar-refractivity contribution < 1.29 is 9.13 Å². The second-order valence-electron chi connectivity index (χ2n) is 5.03. The summed E-state index contributed by atoms with van der Waals surface area (Å²) in [4.78, 5) is 8.30. The van der Waals surface area contributed by atoms with Crippen LogP contribution < -0.4 is 15.4 Å². The number of aryl methyl sites for hydroxylation is 1. The molecule has 0 saturated heterocycles. The minimum atomic E-state index is -0.202. The molecular weight excluding hydrogens is 422 g/mol. The van der Waals surface area contributed by atoms with Crippen molar-refractivity contribution in [3.63, 3.8) is 0 Å². The Bertz CT molecular complexity index is 694. The van der Waals surface area contributed by atoms with E-state index in [0.29, 0.717) is 30.5 Å². The normalized spacial score (nSPS) is 10.8. The summed E-state index contributed by atoms with van der Waals surface area (Å²) < 4.78 is 18.8. The van der Waals surface area contributed by atoms with Gasteiger partial charge in [-0.2, -0.15) is 0 Å². The molecule has 5 nitrogen and oxygen atoms in total. The molecule has 0 saturated carbocycles. The first-order chi connectivity index (χ1) is 11.1. The Kier molecular flexibility index (Phi) is 8.45. The summed E-state index contributed by atoms with van der Waals surface area (Å²) in [6, 6.07) is 8.97. The summed E-state index contributed by atoms with van der Waals surface area (Å²) in [6.07, 6.45) is 1.68. The van der Waals surface area contributed by atoms with Gasteiger partial charge in [0.1, 0.15) is 5.82 Å². The molecule has 0 spiro atoms. The fourth-order valence-electron chi connectivity index (χ4n) is 2.07. The Balaban J connectivity index is 0.00000288. The van der Waals surface area contributed by atoms with E-state index >= 15 is 0 Å². The summed E-state index contributed by atoms with van der Waals surface area (Å²) in [5.41, 5.74) is 2.43. The predicted octanol–water partition coefficient (Wildman–Crippen LogP) is 3.02. The largest absolute Gasteiger partial charge is 0.481 e. The lowest BCUT2D eigenvalue weighted by molar-refractivity contribution is 0.392. The van der Waals surface area contributed by atoms with E-state index in [1.165, 1.54) is 6.07 Å². The van der Waals surface area contributed by atoms with Crippen molar-refractivity contribution in [1.29, 1.82) is 0 Å². The van der Waals surface area contributed by atoms with E-state index in [1.807, 2.05) is 18.2 Å². The zero-order valence-electron chi connectivity index (χ0n) is 14.0. The molecule has 24 heavy (non-hydrogen) atoms. The maximum absolute atomic E-state index is 13.5. The Morgan fingerprint density at radius 2 is 2.00 bits per heavy atom. The predicted molar refractivity (Wildman–Crippen MR) is 104 cm³/mol. The van der Waals surface area contributed by atoms with Crippen LogP contribution in [-0.2, 0) is 13.1 Å². The quantitative estimate of drug-likeness (QED) is 0.423. The van der Waals surface area contributed by atoms with Crippen molar-refractivity contribution in [3.8, 4) is 5.88 Å². The molecule has 0 aliphatic heterocycles. The number of hydrogen-bond acceptors (Lipinski definition) is 3. The molecule has 1 heterocycles. The number of pyridine rings is 1. The van der Waals surface area contributed by atoms with Crippen LogP contribution in [0.15, 0.2) is 41.5 Å². The van der Waals surface area contributed by atoms with Gasteiger partial charge < -0.3 is 15.4 Å². The van der Waals surface area contributed by atoms with E-state index in [2.05, 4.69) is 20.6 Å². The molecule has 0 aliphatic rings. The highest BCUT2D eigenvalue weighted by molar-refractivity contribution is 14.0. The Morgan fingerprint density at radius 1 is 1.25 bits per heavy atom. The van der Waals surface area contributed by atoms with Crippen molar-refractivity contribution in [2.24, 2.45) is 4.99 Å². The fraction of sp³-hybridized carbons (Fsp3) is 0.294. The summed E-state index contributed by atoms with van der Waals surface area (Å²) in [6.45, 7) is 2.76. The van der Waals surface area contributed by atoms with Crippen molar-refractivity contribution in [2.75, 3.05) is 14.2 Å². The number of halogens is 2. The van der Waals surface area contributed by atoms with Crippen LogP contribution in [0, 0.1) is 12.7 Å². The van der Waals surface area contributed by atoms with Crippen LogP contribution in [0.2, 0.25) is 0 Å². The molecule has 0 fully saturated rings. The second kappa shape index (κ2) is 10.1. The van der Waals surface area contributed by atoms with E-state index < -0.39 is 0 Å².